The van der Waals surface area contributed by atoms with Crippen LogP contribution in [0.5, 0.6) is 0 Å². The minimum atomic E-state index is -0.512. The normalized spacial score (nSPS) is 11.7. The number of rotatable bonds is 6. The van der Waals surface area contributed by atoms with Crippen molar-refractivity contribution in [1.82, 2.24) is 20.9 Å². The molecule has 0 radical (unpaired) electrons. The molecule has 0 bridgehead atoms. The fourth-order valence-corrected chi connectivity index (χ4v) is 3.54. The van der Waals surface area contributed by atoms with Crippen molar-refractivity contribution in [3.63, 3.8) is 0 Å². The van der Waals surface area contributed by atoms with Crippen molar-refractivity contribution in [3.05, 3.63) is 42.2 Å². The molecule has 168 valence electrons. The molecule has 0 fully saturated rings. The van der Waals surface area contributed by atoms with Gasteiger partial charge in [0.05, 0.1) is 16.8 Å². The first kappa shape index (κ1) is 24.9. The number of fused-ring (bicyclic) bond motifs is 1. The Balaban J connectivity index is 0.00000341. The summed E-state index contributed by atoms with van der Waals surface area (Å²) in [5.74, 6) is 2.13. The maximum atomic E-state index is 11.6. The second-order valence-corrected chi connectivity index (χ2v) is 8.56. The summed E-state index contributed by atoms with van der Waals surface area (Å²) in [4.78, 5) is 20.4. The van der Waals surface area contributed by atoms with Crippen LogP contribution >= 0.6 is 35.3 Å². The number of ether oxygens (including phenoxy) is 1. The fourth-order valence-electron chi connectivity index (χ4n) is 2.62. The summed E-state index contributed by atoms with van der Waals surface area (Å²) >= 11 is 1.61. The van der Waals surface area contributed by atoms with Crippen molar-refractivity contribution >= 4 is 57.6 Å². The van der Waals surface area contributed by atoms with Crippen molar-refractivity contribution in [2.24, 2.45) is 4.99 Å². The summed E-state index contributed by atoms with van der Waals surface area (Å²) in [6.07, 6.45) is -0.440. The Morgan fingerprint density at radius 1 is 1.13 bits per heavy atom. The molecule has 3 rings (SSSR count). The van der Waals surface area contributed by atoms with Crippen LogP contribution < -0.4 is 16.0 Å². The van der Waals surface area contributed by atoms with E-state index < -0.39 is 11.7 Å². The number of aromatic nitrogens is 1. The molecule has 0 atom stereocenters. The third kappa shape index (κ3) is 7.69. The topological polar surface area (TPSA) is 101 Å². The van der Waals surface area contributed by atoms with Gasteiger partial charge in [-0.05, 0) is 45.0 Å². The van der Waals surface area contributed by atoms with E-state index in [1.54, 1.807) is 18.4 Å². The molecule has 10 heteroatoms. The number of carbonyl (C=O) groups is 1. The number of hydrogen-bond donors (Lipinski definition) is 3. The summed E-state index contributed by atoms with van der Waals surface area (Å²) in [5, 5.41) is 9.87. The summed E-state index contributed by atoms with van der Waals surface area (Å²) in [6.45, 7) is 6.88. The van der Waals surface area contributed by atoms with Crippen LogP contribution in [0.15, 0.2) is 45.8 Å². The number of nitrogens with zero attached hydrogens (tertiary/aromatic N) is 2. The predicted molar refractivity (Wildman–Crippen MR) is 135 cm³/mol. The Kier molecular flexibility index (Phi) is 9.11. The van der Waals surface area contributed by atoms with E-state index >= 15 is 0 Å². The number of hydrogen-bond acceptors (Lipinski definition) is 6. The number of carbonyl (C=O) groups excluding carboxylic acids is 1. The molecule has 1 amide bonds. The molecule has 2 heterocycles. The van der Waals surface area contributed by atoms with Crippen LogP contribution in [0, 0.1) is 0 Å². The van der Waals surface area contributed by atoms with Gasteiger partial charge >= 0.3 is 6.09 Å². The second-order valence-electron chi connectivity index (χ2n) is 7.53. The maximum absolute atomic E-state index is 11.6. The van der Waals surface area contributed by atoms with Crippen molar-refractivity contribution in [2.75, 3.05) is 20.1 Å². The third-order valence-corrected chi connectivity index (χ3v) is 4.96. The Morgan fingerprint density at radius 3 is 2.58 bits per heavy atom. The molecule has 0 spiro atoms. The first-order valence-corrected chi connectivity index (χ1v) is 10.5. The summed E-state index contributed by atoms with van der Waals surface area (Å²) in [5.41, 5.74) is 0.459. The van der Waals surface area contributed by atoms with Crippen molar-refractivity contribution in [1.29, 1.82) is 0 Å². The van der Waals surface area contributed by atoms with E-state index in [1.807, 2.05) is 51.1 Å². The highest BCUT2D eigenvalue weighted by Crippen LogP contribution is 2.31. The Bertz CT molecular complexity index is 992. The number of nitrogens with one attached hydrogen (secondary N) is 3. The van der Waals surface area contributed by atoms with Gasteiger partial charge in [-0.2, -0.15) is 0 Å². The van der Waals surface area contributed by atoms with E-state index in [2.05, 4.69) is 32.0 Å². The zero-order valence-corrected chi connectivity index (χ0v) is 21.2. The zero-order valence-electron chi connectivity index (χ0n) is 18.0. The van der Waals surface area contributed by atoms with E-state index in [4.69, 9.17) is 9.15 Å². The minimum absolute atomic E-state index is 0. The van der Waals surface area contributed by atoms with Crippen LogP contribution in [0.3, 0.4) is 0 Å². The molecule has 3 aromatic rings. The van der Waals surface area contributed by atoms with E-state index in [0.29, 0.717) is 25.6 Å². The van der Waals surface area contributed by atoms with Crippen LogP contribution in [0.2, 0.25) is 0 Å². The quantitative estimate of drug-likeness (QED) is 0.180. The summed E-state index contributed by atoms with van der Waals surface area (Å²) in [6, 6.07) is 11.9. The molecule has 0 saturated carbocycles. The molecule has 0 aliphatic rings. The number of amides is 1. The Labute approximate surface area is 202 Å². The Morgan fingerprint density at radius 2 is 1.87 bits per heavy atom. The highest BCUT2D eigenvalue weighted by Gasteiger charge is 2.15. The highest BCUT2D eigenvalue weighted by molar-refractivity contribution is 14.0. The molecule has 1 aromatic carbocycles. The predicted octanol–water partition coefficient (Wildman–Crippen LogP) is 4.36. The number of benzene rings is 1. The van der Waals surface area contributed by atoms with Gasteiger partial charge in [0.15, 0.2) is 16.7 Å². The molecule has 0 aliphatic carbocycles. The van der Waals surface area contributed by atoms with Crippen molar-refractivity contribution < 1.29 is 13.9 Å². The smallest absolute Gasteiger partial charge is 0.407 e. The third-order valence-electron chi connectivity index (χ3n) is 3.91. The lowest BCUT2D eigenvalue weighted by Gasteiger charge is -2.19. The minimum Gasteiger partial charge on any atom is -0.457 e. The van der Waals surface area contributed by atoms with Gasteiger partial charge < -0.3 is 25.1 Å². The van der Waals surface area contributed by atoms with Crippen LogP contribution in [-0.2, 0) is 11.3 Å². The average Bonchev–Trinajstić information content (AvgIpc) is 3.32. The van der Waals surface area contributed by atoms with Crippen molar-refractivity contribution in [3.8, 4) is 10.8 Å². The zero-order chi connectivity index (χ0) is 21.6. The fraction of sp³-hybridized carbons (Fsp3) is 0.381. The molecular formula is C21H28IN5O3S. The van der Waals surface area contributed by atoms with Crippen LogP contribution in [0.25, 0.3) is 21.0 Å². The molecular weight excluding hydrogens is 529 g/mol. The van der Waals surface area contributed by atoms with Crippen LogP contribution in [-0.4, -0.2) is 42.8 Å². The van der Waals surface area contributed by atoms with E-state index in [1.165, 1.54) is 0 Å². The lowest BCUT2D eigenvalue weighted by molar-refractivity contribution is 0.0529. The molecule has 8 nitrogen and oxygen atoms in total. The largest absolute Gasteiger partial charge is 0.457 e. The van der Waals surface area contributed by atoms with E-state index in [0.717, 1.165) is 26.7 Å². The molecule has 0 saturated heterocycles. The SMILES string of the molecule is CN=C(NCCNC(=O)OC(C)(C)C)NCc1ccc(-c2nc3ccccc3s2)o1.I. The lowest BCUT2D eigenvalue weighted by Crippen LogP contribution is -2.42. The van der Waals surface area contributed by atoms with E-state index in [-0.39, 0.29) is 24.0 Å². The monoisotopic (exact) mass is 557 g/mol. The van der Waals surface area contributed by atoms with Crippen LogP contribution in [0.4, 0.5) is 4.79 Å². The second kappa shape index (κ2) is 11.3. The van der Waals surface area contributed by atoms with Gasteiger partial charge in [-0.25, -0.2) is 9.78 Å². The van der Waals surface area contributed by atoms with Crippen LogP contribution in [0.1, 0.15) is 26.5 Å². The number of para-hydroxylation sites is 1. The summed E-state index contributed by atoms with van der Waals surface area (Å²) < 4.78 is 12.3. The number of halogens is 1. The number of guanidine groups is 1. The van der Waals surface area contributed by atoms with Gasteiger partial charge in [-0.3, -0.25) is 4.99 Å². The first-order chi connectivity index (χ1) is 14.3. The molecule has 0 aliphatic heterocycles. The number of aliphatic imine (C=N–C) groups is 1. The first-order valence-electron chi connectivity index (χ1n) is 9.70. The molecule has 3 N–H and O–H groups in total. The van der Waals surface area contributed by atoms with Gasteiger partial charge in [-0.15, -0.1) is 35.3 Å². The van der Waals surface area contributed by atoms with Gasteiger partial charge in [0.2, 0.25) is 0 Å². The molecule has 31 heavy (non-hydrogen) atoms. The average molecular weight is 557 g/mol. The van der Waals surface area contributed by atoms with E-state index in [9.17, 15) is 4.79 Å². The van der Waals surface area contributed by atoms with Gasteiger partial charge in [0.25, 0.3) is 0 Å². The lowest BCUT2D eigenvalue weighted by atomic mass is 10.2. The number of thiazole rings is 1. The number of furan rings is 1. The van der Waals surface area contributed by atoms with Crippen molar-refractivity contribution in [2.45, 2.75) is 32.9 Å². The Hall–Kier alpha value is -2.34. The molecule has 2 aromatic heterocycles. The highest BCUT2D eigenvalue weighted by atomic mass is 127. The molecule has 0 unspecified atom stereocenters. The number of alkyl carbamates (subject to hydrolysis) is 1. The standard InChI is InChI=1S/C21H27N5O3S.HI/c1-21(2,3)29-20(27)24-12-11-23-19(22-4)25-13-14-9-10-16(28-14)18-26-15-7-5-6-8-17(15)30-18;/h5-10H,11-13H2,1-4H3,(H,24,27)(H2,22,23,25);1H. The van der Waals surface area contributed by atoms with Gasteiger partial charge in [0, 0.05) is 20.1 Å². The summed E-state index contributed by atoms with van der Waals surface area (Å²) in [7, 11) is 1.69. The van der Waals surface area contributed by atoms with Gasteiger partial charge in [-0.1, -0.05) is 12.1 Å². The van der Waals surface area contributed by atoms with Gasteiger partial charge in [0.1, 0.15) is 11.4 Å². The maximum Gasteiger partial charge on any atom is 0.407 e.